The quantitative estimate of drug-likeness (QED) is 0.638. The molecular formula is C18H14N2O5. The fraction of sp³-hybridized carbons (Fsp3) is 0.0556. The lowest BCUT2D eigenvalue weighted by atomic mass is 10.1. The number of ether oxygens (including phenoxy) is 1. The van der Waals surface area contributed by atoms with Crippen molar-refractivity contribution in [2.75, 3.05) is 11.6 Å². The summed E-state index contributed by atoms with van der Waals surface area (Å²) in [4.78, 5) is 35.0. The first-order valence-electron chi connectivity index (χ1n) is 7.41. The Balaban J connectivity index is 1.78. The van der Waals surface area contributed by atoms with Crippen LogP contribution in [0.1, 0.15) is 5.56 Å². The van der Waals surface area contributed by atoms with Gasteiger partial charge in [-0.2, -0.15) is 0 Å². The van der Waals surface area contributed by atoms with Crippen molar-refractivity contribution < 1.29 is 24.2 Å². The maximum Gasteiger partial charge on any atom is 0.341 e. The summed E-state index contributed by atoms with van der Waals surface area (Å²) in [5.74, 6) is -1.61. The minimum Gasteiger partial charge on any atom is -0.482 e. The summed E-state index contributed by atoms with van der Waals surface area (Å²) in [5.41, 5.74) is 3.73. The molecule has 0 radical (unpaired) electrons. The van der Waals surface area contributed by atoms with Crippen LogP contribution in [0.5, 0.6) is 5.75 Å². The number of nitrogens with one attached hydrogen (secondary N) is 1. The van der Waals surface area contributed by atoms with Gasteiger partial charge in [0.1, 0.15) is 11.3 Å². The van der Waals surface area contributed by atoms with Crippen LogP contribution in [-0.4, -0.2) is 29.5 Å². The van der Waals surface area contributed by atoms with Crippen LogP contribution in [0.2, 0.25) is 0 Å². The minimum atomic E-state index is -1.07. The minimum absolute atomic E-state index is 0.0167. The fourth-order valence-corrected chi connectivity index (χ4v) is 2.29. The number of anilines is 1. The van der Waals surface area contributed by atoms with E-state index in [4.69, 9.17) is 9.84 Å². The SMILES string of the molecule is O=C(O)COc1ccc(/C=C2\C(=O)NN(c3ccccc3)C2=O)cc1. The van der Waals surface area contributed by atoms with Gasteiger partial charge >= 0.3 is 5.97 Å². The average Bonchev–Trinajstić information content (AvgIpc) is 2.90. The van der Waals surface area contributed by atoms with E-state index in [1.807, 2.05) is 6.07 Å². The van der Waals surface area contributed by atoms with E-state index < -0.39 is 24.4 Å². The zero-order valence-corrected chi connectivity index (χ0v) is 13.0. The zero-order valence-electron chi connectivity index (χ0n) is 13.0. The van der Waals surface area contributed by atoms with E-state index >= 15 is 0 Å². The molecule has 1 saturated heterocycles. The molecule has 1 heterocycles. The number of amides is 2. The molecule has 3 rings (SSSR count). The molecule has 1 aliphatic heterocycles. The van der Waals surface area contributed by atoms with E-state index in [0.29, 0.717) is 17.0 Å². The van der Waals surface area contributed by atoms with Crippen LogP contribution in [0.3, 0.4) is 0 Å². The van der Waals surface area contributed by atoms with Crippen molar-refractivity contribution in [3.8, 4) is 5.75 Å². The molecular weight excluding hydrogens is 324 g/mol. The number of carbonyl (C=O) groups excluding carboxylic acids is 2. The predicted molar refractivity (Wildman–Crippen MR) is 89.6 cm³/mol. The molecule has 0 aromatic heterocycles. The summed E-state index contributed by atoms with van der Waals surface area (Å²) >= 11 is 0. The molecule has 7 nitrogen and oxygen atoms in total. The van der Waals surface area contributed by atoms with Crippen LogP contribution in [0, 0.1) is 0 Å². The summed E-state index contributed by atoms with van der Waals surface area (Å²) in [7, 11) is 0. The molecule has 0 atom stereocenters. The molecule has 1 aliphatic rings. The monoisotopic (exact) mass is 338 g/mol. The van der Waals surface area contributed by atoms with Crippen LogP contribution in [0.4, 0.5) is 5.69 Å². The number of benzene rings is 2. The van der Waals surface area contributed by atoms with Gasteiger partial charge in [-0.1, -0.05) is 30.3 Å². The highest BCUT2D eigenvalue weighted by atomic mass is 16.5. The highest BCUT2D eigenvalue weighted by Gasteiger charge is 2.34. The molecule has 0 saturated carbocycles. The number of carboxylic acid groups (broad SMARTS) is 1. The fourth-order valence-electron chi connectivity index (χ4n) is 2.29. The van der Waals surface area contributed by atoms with Gasteiger partial charge in [-0.05, 0) is 35.9 Å². The lowest BCUT2D eigenvalue weighted by molar-refractivity contribution is -0.139. The Bertz CT molecular complexity index is 844. The van der Waals surface area contributed by atoms with Crippen molar-refractivity contribution in [1.82, 2.24) is 5.43 Å². The van der Waals surface area contributed by atoms with E-state index in [0.717, 1.165) is 0 Å². The van der Waals surface area contributed by atoms with E-state index in [2.05, 4.69) is 5.43 Å². The normalized spacial score (nSPS) is 15.4. The Hall–Kier alpha value is -3.61. The molecule has 126 valence electrons. The molecule has 2 aromatic rings. The molecule has 0 spiro atoms. The summed E-state index contributed by atoms with van der Waals surface area (Å²) < 4.78 is 5.03. The van der Waals surface area contributed by atoms with E-state index in [-0.39, 0.29) is 5.57 Å². The zero-order chi connectivity index (χ0) is 17.8. The first kappa shape index (κ1) is 16.3. The summed E-state index contributed by atoms with van der Waals surface area (Å²) in [6, 6.07) is 15.2. The second kappa shape index (κ2) is 6.88. The van der Waals surface area contributed by atoms with Crippen molar-refractivity contribution in [3.63, 3.8) is 0 Å². The third-order valence-corrected chi connectivity index (χ3v) is 3.46. The number of carbonyl (C=O) groups is 3. The van der Waals surface area contributed by atoms with Crippen LogP contribution >= 0.6 is 0 Å². The Morgan fingerprint density at radius 2 is 1.76 bits per heavy atom. The van der Waals surface area contributed by atoms with Gasteiger partial charge in [0.2, 0.25) is 0 Å². The average molecular weight is 338 g/mol. The van der Waals surface area contributed by atoms with Gasteiger partial charge in [0, 0.05) is 0 Å². The number of aliphatic carboxylic acids is 1. The molecule has 2 aromatic carbocycles. The second-order valence-electron chi connectivity index (χ2n) is 5.23. The summed E-state index contributed by atoms with van der Waals surface area (Å²) in [6.07, 6.45) is 1.47. The van der Waals surface area contributed by atoms with Gasteiger partial charge in [-0.15, -0.1) is 0 Å². The van der Waals surface area contributed by atoms with Gasteiger partial charge in [-0.3, -0.25) is 15.0 Å². The topological polar surface area (TPSA) is 95.9 Å². The van der Waals surface area contributed by atoms with Crippen molar-refractivity contribution in [2.24, 2.45) is 0 Å². The molecule has 2 amide bonds. The number of nitrogens with zero attached hydrogens (tertiary/aromatic N) is 1. The molecule has 25 heavy (non-hydrogen) atoms. The van der Waals surface area contributed by atoms with Crippen LogP contribution in [-0.2, 0) is 14.4 Å². The molecule has 0 bridgehead atoms. The van der Waals surface area contributed by atoms with Crippen LogP contribution < -0.4 is 15.2 Å². The van der Waals surface area contributed by atoms with Crippen molar-refractivity contribution in [1.29, 1.82) is 0 Å². The Morgan fingerprint density at radius 3 is 2.40 bits per heavy atom. The number of carboxylic acids is 1. The Labute approximate surface area is 143 Å². The molecule has 7 heteroatoms. The first-order chi connectivity index (χ1) is 12.0. The largest absolute Gasteiger partial charge is 0.482 e. The lowest BCUT2D eigenvalue weighted by Crippen LogP contribution is -2.35. The number of hydrazine groups is 1. The van der Waals surface area contributed by atoms with Crippen molar-refractivity contribution in [3.05, 3.63) is 65.7 Å². The number of hydrogen-bond donors (Lipinski definition) is 2. The van der Waals surface area contributed by atoms with E-state index in [9.17, 15) is 14.4 Å². The van der Waals surface area contributed by atoms with Crippen LogP contribution in [0.25, 0.3) is 6.08 Å². The van der Waals surface area contributed by atoms with Gasteiger partial charge < -0.3 is 9.84 Å². The van der Waals surface area contributed by atoms with Gasteiger partial charge in [0.15, 0.2) is 6.61 Å². The smallest absolute Gasteiger partial charge is 0.341 e. The van der Waals surface area contributed by atoms with E-state index in [1.165, 1.54) is 11.1 Å². The van der Waals surface area contributed by atoms with Crippen LogP contribution in [0.15, 0.2) is 60.2 Å². The number of para-hydroxylation sites is 1. The first-order valence-corrected chi connectivity index (χ1v) is 7.41. The van der Waals surface area contributed by atoms with Gasteiger partial charge in [0.25, 0.3) is 11.8 Å². The molecule has 0 aliphatic carbocycles. The van der Waals surface area contributed by atoms with Gasteiger partial charge in [-0.25, -0.2) is 9.80 Å². The highest BCUT2D eigenvalue weighted by molar-refractivity contribution is 6.31. The molecule has 0 unspecified atom stereocenters. The maximum atomic E-state index is 12.4. The molecule has 2 N–H and O–H groups in total. The number of hydrogen-bond acceptors (Lipinski definition) is 4. The second-order valence-corrected chi connectivity index (χ2v) is 5.23. The Kier molecular flexibility index (Phi) is 4.47. The van der Waals surface area contributed by atoms with Crippen molar-refractivity contribution in [2.45, 2.75) is 0 Å². The third kappa shape index (κ3) is 3.66. The number of rotatable bonds is 5. The van der Waals surface area contributed by atoms with Crippen molar-refractivity contribution >= 4 is 29.5 Å². The predicted octanol–water partition coefficient (Wildman–Crippen LogP) is 1.61. The standard InChI is InChI=1S/C18H14N2O5/c21-16(22)11-25-14-8-6-12(7-9-14)10-15-17(23)19-20(18(15)24)13-4-2-1-3-5-13/h1-10H,11H2,(H,19,23)(H,21,22)/b15-10+. The summed E-state index contributed by atoms with van der Waals surface area (Å²) in [6.45, 7) is -0.437. The lowest BCUT2D eigenvalue weighted by Gasteiger charge is -2.13. The van der Waals surface area contributed by atoms with Gasteiger partial charge in [0.05, 0.1) is 5.69 Å². The summed E-state index contributed by atoms with van der Waals surface area (Å²) in [5, 5.41) is 9.77. The highest BCUT2D eigenvalue weighted by Crippen LogP contribution is 2.22. The Morgan fingerprint density at radius 1 is 1.08 bits per heavy atom. The van der Waals surface area contributed by atoms with E-state index in [1.54, 1.807) is 48.5 Å². The molecule has 1 fully saturated rings. The maximum absolute atomic E-state index is 12.4. The third-order valence-electron chi connectivity index (χ3n) is 3.46.